The summed E-state index contributed by atoms with van der Waals surface area (Å²) < 4.78 is 39.5. The molecule has 0 aromatic heterocycles. The minimum Gasteiger partial charge on any atom is -0.507 e. The summed E-state index contributed by atoms with van der Waals surface area (Å²) in [4.78, 5) is 11.8. The lowest BCUT2D eigenvalue weighted by molar-refractivity contribution is 0.102. The number of hydrogen-bond donors (Lipinski definition) is 2. The SMILES string of the molecule is O=C(Nc1c(F)cc(F)cc1F)c1ccc(Cl)cc1O. The highest BCUT2D eigenvalue weighted by Gasteiger charge is 2.17. The van der Waals surface area contributed by atoms with E-state index < -0.39 is 34.8 Å². The number of benzene rings is 2. The van der Waals surface area contributed by atoms with Gasteiger partial charge in [0.15, 0.2) is 11.6 Å². The highest BCUT2D eigenvalue weighted by atomic mass is 35.5. The first-order chi connectivity index (χ1) is 9.38. The zero-order valence-corrected chi connectivity index (χ0v) is 10.5. The van der Waals surface area contributed by atoms with Gasteiger partial charge in [0.2, 0.25) is 0 Å². The van der Waals surface area contributed by atoms with Crippen molar-refractivity contribution in [2.45, 2.75) is 0 Å². The van der Waals surface area contributed by atoms with Crippen LogP contribution in [0.25, 0.3) is 0 Å². The lowest BCUT2D eigenvalue weighted by Gasteiger charge is -2.09. The first-order valence-electron chi connectivity index (χ1n) is 5.33. The molecule has 0 saturated heterocycles. The van der Waals surface area contributed by atoms with Crippen LogP contribution in [0.3, 0.4) is 0 Å². The molecule has 0 saturated carbocycles. The summed E-state index contributed by atoms with van der Waals surface area (Å²) in [5.41, 5.74) is -1.02. The molecule has 7 heteroatoms. The second-order valence-corrected chi connectivity index (χ2v) is 4.30. The van der Waals surface area contributed by atoms with Gasteiger partial charge >= 0.3 is 0 Å². The number of phenolic OH excluding ortho intramolecular Hbond substituents is 1. The van der Waals surface area contributed by atoms with Crippen LogP contribution in [0, 0.1) is 17.5 Å². The van der Waals surface area contributed by atoms with Gasteiger partial charge < -0.3 is 10.4 Å². The predicted octanol–water partition coefficient (Wildman–Crippen LogP) is 3.72. The van der Waals surface area contributed by atoms with E-state index in [-0.39, 0.29) is 10.6 Å². The molecule has 20 heavy (non-hydrogen) atoms. The van der Waals surface area contributed by atoms with Gasteiger partial charge in [-0.05, 0) is 18.2 Å². The van der Waals surface area contributed by atoms with E-state index in [1.807, 2.05) is 5.32 Å². The number of hydrogen-bond acceptors (Lipinski definition) is 2. The van der Waals surface area contributed by atoms with Crippen molar-refractivity contribution in [3.8, 4) is 5.75 Å². The third kappa shape index (κ3) is 2.85. The Kier molecular flexibility index (Phi) is 3.85. The zero-order valence-electron chi connectivity index (χ0n) is 9.75. The van der Waals surface area contributed by atoms with E-state index in [2.05, 4.69) is 0 Å². The van der Waals surface area contributed by atoms with Crippen LogP contribution < -0.4 is 5.32 Å². The molecule has 0 heterocycles. The largest absolute Gasteiger partial charge is 0.507 e. The summed E-state index contributed by atoms with van der Waals surface area (Å²) in [5.74, 6) is -5.03. The molecule has 3 nitrogen and oxygen atoms in total. The number of aromatic hydroxyl groups is 1. The van der Waals surface area contributed by atoms with Crippen molar-refractivity contribution in [2.75, 3.05) is 5.32 Å². The number of halogens is 4. The number of amides is 1. The summed E-state index contributed by atoms with van der Waals surface area (Å²) in [6.07, 6.45) is 0. The third-order valence-corrected chi connectivity index (χ3v) is 2.68. The molecular weight excluding hydrogens is 295 g/mol. The van der Waals surface area contributed by atoms with Gasteiger partial charge in [-0.25, -0.2) is 13.2 Å². The minimum absolute atomic E-state index is 0.193. The molecule has 0 aliphatic heterocycles. The van der Waals surface area contributed by atoms with Crippen molar-refractivity contribution in [1.29, 1.82) is 0 Å². The Hall–Kier alpha value is -2.21. The second-order valence-electron chi connectivity index (χ2n) is 3.86. The molecular formula is C13H7ClF3NO2. The van der Waals surface area contributed by atoms with Gasteiger partial charge in [0.25, 0.3) is 5.91 Å². The Labute approximate surface area is 116 Å². The summed E-state index contributed by atoms with van der Waals surface area (Å²) in [6.45, 7) is 0. The molecule has 0 unspecified atom stereocenters. The first-order valence-corrected chi connectivity index (χ1v) is 5.70. The molecule has 2 rings (SSSR count). The van der Waals surface area contributed by atoms with Crippen molar-refractivity contribution in [3.63, 3.8) is 0 Å². The molecule has 0 aliphatic carbocycles. The van der Waals surface area contributed by atoms with E-state index in [4.69, 9.17) is 11.6 Å². The average molecular weight is 302 g/mol. The fourth-order valence-electron chi connectivity index (χ4n) is 1.54. The van der Waals surface area contributed by atoms with E-state index in [0.29, 0.717) is 12.1 Å². The Bertz CT molecular complexity index is 668. The quantitative estimate of drug-likeness (QED) is 0.888. The standard InChI is InChI=1S/C13H7ClF3NO2/c14-6-1-2-8(11(19)3-6)13(20)18-12-9(16)4-7(15)5-10(12)17/h1-5,19H,(H,18,20). The van der Waals surface area contributed by atoms with Gasteiger partial charge in [-0.2, -0.15) is 0 Å². The maximum Gasteiger partial charge on any atom is 0.259 e. The number of carbonyl (C=O) groups is 1. The van der Waals surface area contributed by atoms with Gasteiger partial charge in [-0.1, -0.05) is 11.6 Å². The van der Waals surface area contributed by atoms with Gasteiger partial charge in [0.1, 0.15) is 17.3 Å². The number of anilines is 1. The number of nitrogens with one attached hydrogen (secondary N) is 1. The maximum absolute atomic E-state index is 13.4. The summed E-state index contributed by atoms with van der Waals surface area (Å²) in [5, 5.41) is 11.6. The molecule has 0 fully saturated rings. The highest BCUT2D eigenvalue weighted by Crippen LogP contribution is 2.25. The molecule has 0 spiro atoms. The number of carbonyl (C=O) groups excluding carboxylic acids is 1. The van der Waals surface area contributed by atoms with Crippen LogP contribution in [-0.4, -0.2) is 11.0 Å². The van der Waals surface area contributed by atoms with E-state index in [1.165, 1.54) is 12.1 Å². The van der Waals surface area contributed by atoms with Crippen LogP contribution in [0.4, 0.5) is 18.9 Å². The summed E-state index contributed by atoms with van der Waals surface area (Å²) >= 11 is 5.60. The Balaban J connectivity index is 2.33. The van der Waals surface area contributed by atoms with E-state index in [1.54, 1.807) is 0 Å². The van der Waals surface area contributed by atoms with E-state index >= 15 is 0 Å². The first kappa shape index (κ1) is 14.2. The lowest BCUT2D eigenvalue weighted by Crippen LogP contribution is -2.14. The Morgan fingerprint density at radius 1 is 1.10 bits per heavy atom. The molecule has 0 aliphatic rings. The molecule has 2 aromatic carbocycles. The topological polar surface area (TPSA) is 49.3 Å². The maximum atomic E-state index is 13.4. The van der Waals surface area contributed by atoms with Crippen LogP contribution in [-0.2, 0) is 0 Å². The van der Waals surface area contributed by atoms with Gasteiger partial charge in [0, 0.05) is 17.2 Å². The predicted molar refractivity (Wildman–Crippen MR) is 67.4 cm³/mol. The van der Waals surface area contributed by atoms with Crippen LogP contribution >= 0.6 is 11.6 Å². The van der Waals surface area contributed by atoms with E-state index in [0.717, 1.165) is 6.07 Å². The smallest absolute Gasteiger partial charge is 0.259 e. The average Bonchev–Trinajstić information content (AvgIpc) is 2.33. The number of phenols is 1. The third-order valence-electron chi connectivity index (χ3n) is 2.45. The Morgan fingerprint density at radius 3 is 2.25 bits per heavy atom. The van der Waals surface area contributed by atoms with Crippen LogP contribution in [0.2, 0.25) is 5.02 Å². The van der Waals surface area contributed by atoms with Gasteiger partial charge in [-0.15, -0.1) is 0 Å². The van der Waals surface area contributed by atoms with Crippen molar-refractivity contribution in [2.24, 2.45) is 0 Å². The molecule has 104 valence electrons. The number of rotatable bonds is 2. The van der Waals surface area contributed by atoms with E-state index in [9.17, 15) is 23.1 Å². The molecule has 0 radical (unpaired) electrons. The molecule has 0 bridgehead atoms. The summed E-state index contributed by atoms with van der Waals surface area (Å²) in [6, 6.07) is 4.48. The zero-order chi connectivity index (χ0) is 14.9. The van der Waals surface area contributed by atoms with Crippen LogP contribution in [0.5, 0.6) is 5.75 Å². The normalized spacial score (nSPS) is 10.4. The van der Waals surface area contributed by atoms with Crippen molar-refractivity contribution < 1.29 is 23.1 Å². The van der Waals surface area contributed by atoms with Crippen LogP contribution in [0.15, 0.2) is 30.3 Å². The van der Waals surface area contributed by atoms with Crippen molar-refractivity contribution >= 4 is 23.2 Å². The monoisotopic (exact) mass is 301 g/mol. The lowest BCUT2D eigenvalue weighted by atomic mass is 10.2. The molecule has 0 atom stereocenters. The molecule has 2 N–H and O–H groups in total. The van der Waals surface area contributed by atoms with Gasteiger partial charge in [-0.3, -0.25) is 4.79 Å². The van der Waals surface area contributed by atoms with Gasteiger partial charge in [0.05, 0.1) is 5.56 Å². The minimum atomic E-state index is -1.26. The van der Waals surface area contributed by atoms with Crippen LogP contribution in [0.1, 0.15) is 10.4 Å². The second kappa shape index (κ2) is 5.42. The summed E-state index contributed by atoms with van der Waals surface area (Å²) in [7, 11) is 0. The molecule has 2 aromatic rings. The molecule has 1 amide bonds. The van der Waals surface area contributed by atoms with Crippen molar-refractivity contribution in [1.82, 2.24) is 0 Å². The fourth-order valence-corrected chi connectivity index (χ4v) is 1.71. The fraction of sp³-hybridized carbons (Fsp3) is 0. The Morgan fingerprint density at radius 2 is 1.70 bits per heavy atom. The van der Waals surface area contributed by atoms with Crippen molar-refractivity contribution in [3.05, 3.63) is 58.4 Å². The highest BCUT2D eigenvalue weighted by molar-refractivity contribution is 6.30.